The molecule has 0 aliphatic heterocycles. The summed E-state index contributed by atoms with van der Waals surface area (Å²) >= 11 is 0. The Morgan fingerprint density at radius 1 is 1.19 bits per heavy atom. The molecule has 1 saturated carbocycles. The summed E-state index contributed by atoms with van der Waals surface area (Å²) in [6, 6.07) is 5.51. The number of amides is 2. The van der Waals surface area contributed by atoms with Crippen molar-refractivity contribution in [2.24, 2.45) is 5.92 Å². The summed E-state index contributed by atoms with van der Waals surface area (Å²) in [6.45, 7) is 5.47. The van der Waals surface area contributed by atoms with Crippen LogP contribution in [0.4, 0.5) is 5.69 Å². The summed E-state index contributed by atoms with van der Waals surface area (Å²) in [4.78, 5) is 23.9. The molecule has 0 unspecified atom stereocenters. The van der Waals surface area contributed by atoms with E-state index in [4.69, 9.17) is 0 Å². The lowest BCUT2D eigenvalue weighted by Gasteiger charge is -2.23. The number of hydrogen-bond acceptors (Lipinski definition) is 2. The number of carbonyl (C=O) groups is 2. The number of rotatable bonds is 4. The maximum Gasteiger partial charge on any atom is 0.247 e. The summed E-state index contributed by atoms with van der Waals surface area (Å²) in [6.07, 6.45) is 4.28. The van der Waals surface area contributed by atoms with Gasteiger partial charge in [0.2, 0.25) is 11.8 Å². The van der Waals surface area contributed by atoms with Crippen LogP contribution >= 0.6 is 0 Å². The SMILES string of the molecule is CC(=O)N[C@@H](C(=O)Nc1ccc(C)cc1C)C1CCCC1. The van der Waals surface area contributed by atoms with E-state index in [0.717, 1.165) is 36.9 Å². The van der Waals surface area contributed by atoms with Crippen LogP contribution < -0.4 is 10.6 Å². The third-order valence-electron chi connectivity index (χ3n) is 4.15. The molecule has 2 rings (SSSR count). The van der Waals surface area contributed by atoms with Crippen LogP contribution in [0.2, 0.25) is 0 Å². The molecule has 1 aliphatic carbocycles. The van der Waals surface area contributed by atoms with Crippen molar-refractivity contribution in [3.63, 3.8) is 0 Å². The number of nitrogens with one attached hydrogen (secondary N) is 2. The largest absolute Gasteiger partial charge is 0.344 e. The molecule has 0 spiro atoms. The van der Waals surface area contributed by atoms with Crippen LogP contribution in [0.25, 0.3) is 0 Å². The summed E-state index contributed by atoms with van der Waals surface area (Å²) < 4.78 is 0. The molecular weight excluding hydrogens is 264 g/mol. The fraction of sp³-hybridized carbons (Fsp3) is 0.529. The van der Waals surface area contributed by atoms with Gasteiger partial charge < -0.3 is 10.6 Å². The van der Waals surface area contributed by atoms with E-state index in [1.54, 1.807) is 0 Å². The fourth-order valence-electron chi connectivity index (χ4n) is 3.07. The van der Waals surface area contributed by atoms with Gasteiger partial charge in [-0.15, -0.1) is 0 Å². The van der Waals surface area contributed by atoms with Crippen LogP contribution in [0, 0.1) is 19.8 Å². The zero-order valence-electron chi connectivity index (χ0n) is 13.0. The average molecular weight is 288 g/mol. The molecule has 2 amide bonds. The highest BCUT2D eigenvalue weighted by Crippen LogP contribution is 2.28. The zero-order valence-corrected chi connectivity index (χ0v) is 13.0. The van der Waals surface area contributed by atoms with Gasteiger partial charge in [-0.2, -0.15) is 0 Å². The minimum absolute atomic E-state index is 0.107. The minimum atomic E-state index is -0.425. The topological polar surface area (TPSA) is 58.2 Å². The van der Waals surface area contributed by atoms with Gasteiger partial charge >= 0.3 is 0 Å². The summed E-state index contributed by atoms with van der Waals surface area (Å²) in [5.74, 6) is -0.00798. The van der Waals surface area contributed by atoms with E-state index in [0.29, 0.717) is 0 Å². The van der Waals surface area contributed by atoms with E-state index in [1.807, 2.05) is 32.0 Å². The van der Waals surface area contributed by atoms with Crippen LogP contribution in [-0.2, 0) is 9.59 Å². The summed E-state index contributed by atoms with van der Waals surface area (Å²) in [5.41, 5.74) is 3.02. The van der Waals surface area contributed by atoms with Gasteiger partial charge in [-0.25, -0.2) is 0 Å². The summed E-state index contributed by atoms with van der Waals surface area (Å²) in [5, 5.41) is 5.79. The molecule has 0 aromatic heterocycles. The molecule has 1 aromatic carbocycles. The second-order valence-electron chi connectivity index (χ2n) is 6.03. The van der Waals surface area contributed by atoms with Crippen molar-refractivity contribution in [1.82, 2.24) is 5.32 Å². The van der Waals surface area contributed by atoms with Crippen LogP contribution in [0.5, 0.6) is 0 Å². The van der Waals surface area contributed by atoms with Crippen molar-refractivity contribution in [3.05, 3.63) is 29.3 Å². The van der Waals surface area contributed by atoms with Gasteiger partial charge in [-0.3, -0.25) is 9.59 Å². The van der Waals surface area contributed by atoms with Crippen molar-refractivity contribution < 1.29 is 9.59 Å². The first-order chi connectivity index (χ1) is 9.97. The standard InChI is InChI=1S/C17H24N2O2/c1-11-8-9-15(12(2)10-11)19-17(21)16(18-13(3)20)14-6-4-5-7-14/h8-10,14,16H,4-7H2,1-3H3,(H,18,20)(H,19,21)/t16-/m1/s1. The number of hydrogen-bond donors (Lipinski definition) is 2. The number of benzene rings is 1. The van der Waals surface area contributed by atoms with Crippen LogP contribution in [0.15, 0.2) is 18.2 Å². The molecule has 4 heteroatoms. The third kappa shape index (κ3) is 4.06. The van der Waals surface area contributed by atoms with Gasteiger partial charge in [0.15, 0.2) is 0 Å². The van der Waals surface area contributed by atoms with Gasteiger partial charge in [-0.1, -0.05) is 30.5 Å². The van der Waals surface area contributed by atoms with Crippen molar-refractivity contribution in [2.75, 3.05) is 5.32 Å². The lowest BCUT2D eigenvalue weighted by Crippen LogP contribution is -2.47. The van der Waals surface area contributed by atoms with Crippen molar-refractivity contribution in [1.29, 1.82) is 0 Å². The Morgan fingerprint density at radius 3 is 2.43 bits per heavy atom. The van der Waals surface area contributed by atoms with Gasteiger partial charge in [0, 0.05) is 12.6 Å². The van der Waals surface area contributed by atoms with Gasteiger partial charge in [-0.05, 0) is 44.2 Å². The molecule has 1 aliphatic rings. The fourth-order valence-corrected chi connectivity index (χ4v) is 3.07. The van der Waals surface area contributed by atoms with E-state index in [9.17, 15) is 9.59 Å². The second-order valence-corrected chi connectivity index (χ2v) is 6.03. The van der Waals surface area contributed by atoms with Crippen LogP contribution in [0.1, 0.15) is 43.7 Å². The quantitative estimate of drug-likeness (QED) is 0.895. The monoisotopic (exact) mass is 288 g/mol. The summed E-state index contributed by atoms with van der Waals surface area (Å²) in [7, 11) is 0. The van der Waals surface area contributed by atoms with Crippen molar-refractivity contribution in [3.8, 4) is 0 Å². The van der Waals surface area contributed by atoms with Crippen molar-refractivity contribution in [2.45, 2.75) is 52.5 Å². The molecular formula is C17H24N2O2. The molecule has 4 nitrogen and oxygen atoms in total. The molecule has 0 radical (unpaired) electrons. The first-order valence-electron chi connectivity index (χ1n) is 7.62. The smallest absolute Gasteiger partial charge is 0.247 e. The predicted molar refractivity (Wildman–Crippen MR) is 84.1 cm³/mol. The molecule has 21 heavy (non-hydrogen) atoms. The van der Waals surface area contributed by atoms with E-state index >= 15 is 0 Å². The highest BCUT2D eigenvalue weighted by atomic mass is 16.2. The average Bonchev–Trinajstić information content (AvgIpc) is 2.92. The Bertz CT molecular complexity index is 534. The molecule has 1 aromatic rings. The number of anilines is 1. The van der Waals surface area contributed by atoms with Crippen LogP contribution in [-0.4, -0.2) is 17.9 Å². The van der Waals surface area contributed by atoms with E-state index in [2.05, 4.69) is 10.6 Å². The Balaban J connectivity index is 2.11. The maximum absolute atomic E-state index is 12.5. The van der Waals surface area contributed by atoms with E-state index in [1.165, 1.54) is 12.5 Å². The van der Waals surface area contributed by atoms with Crippen molar-refractivity contribution >= 4 is 17.5 Å². The van der Waals surface area contributed by atoms with Gasteiger partial charge in [0.1, 0.15) is 6.04 Å². The normalized spacial score (nSPS) is 16.5. The highest BCUT2D eigenvalue weighted by Gasteiger charge is 2.31. The van der Waals surface area contributed by atoms with Gasteiger partial charge in [0.05, 0.1) is 0 Å². The zero-order chi connectivity index (χ0) is 15.4. The number of carbonyl (C=O) groups excluding carboxylic acids is 2. The molecule has 1 fully saturated rings. The molecule has 0 bridgehead atoms. The Labute approximate surface area is 126 Å². The Hall–Kier alpha value is -1.84. The van der Waals surface area contributed by atoms with Crippen LogP contribution in [0.3, 0.4) is 0 Å². The lowest BCUT2D eigenvalue weighted by atomic mass is 9.97. The van der Waals surface area contributed by atoms with Gasteiger partial charge in [0.25, 0.3) is 0 Å². The molecule has 2 N–H and O–H groups in total. The molecule has 0 saturated heterocycles. The molecule has 114 valence electrons. The van der Waals surface area contributed by atoms with E-state index in [-0.39, 0.29) is 17.7 Å². The number of aryl methyl sites for hydroxylation is 2. The third-order valence-corrected chi connectivity index (χ3v) is 4.15. The predicted octanol–water partition coefficient (Wildman–Crippen LogP) is 2.94. The second kappa shape index (κ2) is 6.74. The Morgan fingerprint density at radius 2 is 1.86 bits per heavy atom. The molecule has 0 heterocycles. The van der Waals surface area contributed by atoms with E-state index < -0.39 is 6.04 Å². The highest BCUT2D eigenvalue weighted by molar-refractivity contribution is 5.97. The minimum Gasteiger partial charge on any atom is -0.344 e. The Kier molecular flexibility index (Phi) is 4.99. The lowest BCUT2D eigenvalue weighted by molar-refractivity contribution is -0.126. The maximum atomic E-state index is 12.5. The first-order valence-corrected chi connectivity index (χ1v) is 7.62. The molecule has 1 atom stereocenters. The first kappa shape index (κ1) is 15.5.